The Kier molecular flexibility index (Phi) is 4.67. The summed E-state index contributed by atoms with van der Waals surface area (Å²) in [6.45, 7) is 7.73. The number of hydrogen-bond donors (Lipinski definition) is 1. The lowest BCUT2D eigenvalue weighted by atomic mass is 9.54. The van der Waals surface area contributed by atoms with Crippen molar-refractivity contribution in [2.24, 2.45) is 5.41 Å². The Bertz CT molecular complexity index is 448. The summed E-state index contributed by atoms with van der Waals surface area (Å²) < 4.78 is 15.0. The first kappa shape index (κ1) is 15.0. The van der Waals surface area contributed by atoms with Crippen LogP contribution >= 0.6 is 15.9 Å². The quantitative estimate of drug-likeness (QED) is 0.814. The van der Waals surface area contributed by atoms with Crippen LogP contribution in [-0.2, 0) is 0 Å². The van der Waals surface area contributed by atoms with Gasteiger partial charge in [0.1, 0.15) is 5.82 Å². The second-order valence-corrected chi connectivity index (χ2v) is 6.74. The third-order valence-electron chi connectivity index (χ3n) is 4.80. The molecule has 106 valence electrons. The Morgan fingerprint density at radius 2 is 2.16 bits per heavy atom. The summed E-state index contributed by atoms with van der Waals surface area (Å²) in [6.07, 6.45) is 3.26. The topological polar surface area (TPSA) is 12.0 Å². The van der Waals surface area contributed by atoms with E-state index in [4.69, 9.17) is 0 Å². The molecule has 1 fully saturated rings. The minimum absolute atomic E-state index is 0.0678. The Balaban J connectivity index is 2.20. The number of halogens is 2. The zero-order chi connectivity index (χ0) is 14.0. The van der Waals surface area contributed by atoms with Gasteiger partial charge in [-0.25, -0.2) is 4.39 Å². The molecule has 0 aliphatic heterocycles. The number of hydrogen-bond acceptors (Lipinski definition) is 1. The number of nitrogens with one attached hydrogen (secondary N) is 1. The highest BCUT2D eigenvalue weighted by Crippen LogP contribution is 2.55. The Hall–Kier alpha value is -0.410. The molecule has 0 heterocycles. The second kappa shape index (κ2) is 5.92. The van der Waals surface area contributed by atoms with Crippen LogP contribution in [0.15, 0.2) is 22.7 Å². The van der Waals surface area contributed by atoms with E-state index in [0.29, 0.717) is 12.0 Å². The highest BCUT2D eigenvalue weighted by atomic mass is 79.9. The molecule has 1 aromatic rings. The van der Waals surface area contributed by atoms with Gasteiger partial charge >= 0.3 is 0 Å². The fourth-order valence-electron chi connectivity index (χ4n) is 3.25. The molecule has 2 rings (SSSR count). The molecular formula is C16H23BrFN. The first-order chi connectivity index (χ1) is 9.02. The van der Waals surface area contributed by atoms with Gasteiger partial charge in [-0.1, -0.05) is 36.7 Å². The molecule has 0 amide bonds. The van der Waals surface area contributed by atoms with Crippen molar-refractivity contribution >= 4 is 15.9 Å². The van der Waals surface area contributed by atoms with Gasteiger partial charge in [0.15, 0.2) is 0 Å². The molecule has 1 nitrogen and oxygen atoms in total. The summed E-state index contributed by atoms with van der Waals surface area (Å²) in [4.78, 5) is 0. The zero-order valence-corrected chi connectivity index (χ0v) is 13.6. The largest absolute Gasteiger partial charge is 0.313 e. The summed E-state index contributed by atoms with van der Waals surface area (Å²) in [5.74, 6) is 0.256. The van der Waals surface area contributed by atoms with E-state index in [1.54, 1.807) is 12.1 Å². The summed E-state index contributed by atoms with van der Waals surface area (Å²) in [5.41, 5.74) is 1.03. The summed E-state index contributed by atoms with van der Waals surface area (Å²) in [6, 6.07) is 5.81. The Labute approximate surface area is 124 Å². The maximum absolute atomic E-state index is 14.1. The van der Waals surface area contributed by atoms with E-state index in [0.717, 1.165) is 35.8 Å². The third kappa shape index (κ3) is 2.73. The normalized spacial score (nSPS) is 30.2. The molecule has 0 radical (unpaired) electrons. The molecule has 0 spiro atoms. The average Bonchev–Trinajstić information content (AvgIpc) is 2.40. The smallest absolute Gasteiger partial charge is 0.126 e. The van der Waals surface area contributed by atoms with Crippen molar-refractivity contribution in [2.45, 2.75) is 52.0 Å². The van der Waals surface area contributed by atoms with E-state index in [1.807, 2.05) is 6.07 Å². The van der Waals surface area contributed by atoms with Crippen LogP contribution in [0.1, 0.15) is 51.5 Å². The zero-order valence-electron chi connectivity index (χ0n) is 12.0. The molecule has 1 aliphatic carbocycles. The van der Waals surface area contributed by atoms with Crippen molar-refractivity contribution < 1.29 is 4.39 Å². The molecule has 3 atom stereocenters. The third-order valence-corrected chi connectivity index (χ3v) is 5.29. The molecule has 3 unspecified atom stereocenters. The lowest BCUT2D eigenvalue weighted by Gasteiger charge is -2.55. The highest BCUT2D eigenvalue weighted by Gasteiger charge is 2.51. The van der Waals surface area contributed by atoms with Gasteiger partial charge in [0.2, 0.25) is 0 Å². The fraction of sp³-hybridized carbons (Fsp3) is 0.625. The molecule has 1 aromatic carbocycles. The number of benzene rings is 1. The molecule has 1 saturated carbocycles. The van der Waals surface area contributed by atoms with E-state index >= 15 is 0 Å². The lowest BCUT2D eigenvalue weighted by Crippen LogP contribution is -2.57. The monoisotopic (exact) mass is 327 g/mol. The van der Waals surface area contributed by atoms with Crippen LogP contribution in [0, 0.1) is 11.2 Å². The SMILES string of the molecule is CCCNC1CC(c2cc(Br)ccc2F)C1(C)CC. The highest BCUT2D eigenvalue weighted by molar-refractivity contribution is 9.10. The average molecular weight is 328 g/mol. The molecule has 19 heavy (non-hydrogen) atoms. The van der Waals surface area contributed by atoms with E-state index in [1.165, 1.54) is 0 Å². The number of rotatable bonds is 5. The second-order valence-electron chi connectivity index (χ2n) is 5.82. The van der Waals surface area contributed by atoms with Gasteiger partial charge in [0.05, 0.1) is 0 Å². The minimum Gasteiger partial charge on any atom is -0.313 e. The first-order valence-corrected chi connectivity index (χ1v) is 8.00. The van der Waals surface area contributed by atoms with Gasteiger partial charge in [0, 0.05) is 10.5 Å². The van der Waals surface area contributed by atoms with Crippen molar-refractivity contribution in [3.8, 4) is 0 Å². The standard InChI is InChI=1S/C16H23BrFN/c1-4-8-19-15-10-13(16(15,3)5-2)12-9-11(17)6-7-14(12)18/h6-7,9,13,15,19H,4-5,8,10H2,1-3H3. The van der Waals surface area contributed by atoms with Crippen molar-refractivity contribution in [3.63, 3.8) is 0 Å². The van der Waals surface area contributed by atoms with Crippen LogP contribution < -0.4 is 5.32 Å². The van der Waals surface area contributed by atoms with Crippen molar-refractivity contribution in [2.75, 3.05) is 6.54 Å². The fourth-order valence-corrected chi connectivity index (χ4v) is 3.63. The van der Waals surface area contributed by atoms with Gasteiger partial charge in [0.25, 0.3) is 0 Å². The van der Waals surface area contributed by atoms with Gasteiger partial charge in [-0.05, 0) is 60.9 Å². The molecule has 0 aromatic heterocycles. The van der Waals surface area contributed by atoms with Crippen LogP contribution in [0.3, 0.4) is 0 Å². The molecule has 1 N–H and O–H groups in total. The van der Waals surface area contributed by atoms with E-state index in [-0.39, 0.29) is 11.2 Å². The lowest BCUT2D eigenvalue weighted by molar-refractivity contribution is 0.0425. The van der Waals surface area contributed by atoms with Crippen LogP contribution in [0.25, 0.3) is 0 Å². The van der Waals surface area contributed by atoms with Gasteiger partial charge < -0.3 is 5.32 Å². The van der Waals surface area contributed by atoms with Crippen molar-refractivity contribution in [1.29, 1.82) is 0 Å². The van der Waals surface area contributed by atoms with Crippen molar-refractivity contribution in [1.82, 2.24) is 5.32 Å². The molecular weight excluding hydrogens is 305 g/mol. The Morgan fingerprint density at radius 1 is 1.42 bits per heavy atom. The Morgan fingerprint density at radius 3 is 2.79 bits per heavy atom. The molecule has 3 heteroatoms. The maximum Gasteiger partial charge on any atom is 0.126 e. The summed E-state index contributed by atoms with van der Waals surface area (Å²) in [7, 11) is 0. The van der Waals surface area contributed by atoms with Gasteiger partial charge in [-0.2, -0.15) is 0 Å². The predicted octanol–water partition coefficient (Wildman–Crippen LogP) is 4.86. The molecule has 0 bridgehead atoms. The van der Waals surface area contributed by atoms with Crippen molar-refractivity contribution in [3.05, 3.63) is 34.1 Å². The van der Waals surface area contributed by atoms with Crippen LogP contribution in [0.4, 0.5) is 4.39 Å². The van der Waals surface area contributed by atoms with E-state index in [2.05, 4.69) is 42.0 Å². The van der Waals surface area contributed by atoms with E-state index < -0.39 is 0 Å². The first-order valence-electron chi connectivity index (χ1n) is 7.21. The van der Waals surface area contributed by atoms with Crippen LogP contribution in [0.2, 0.25) is 0 Å². The summed E-state index contributed by atoms with van der Waals surface area (Å²) in [5, 5.41) is 3.61. The van der Waals surface area contributed by atoms with Gasteiger partial charge in [-0.15, -0.1) is 0 Å². The van der Waals surface area contributed by atoms with Crippen LogP contribution in [-0.4, -0.2) is 12.6 Å². The van der Waals surface area contributed by atoms with E-state index in [9.17, 15) is 4.39 Å². The predicted molar refractivity (Wildman–Crippen MR) is 81.9 cm³/mol. The van der Waals surface area contributed by atoms with Gasteiger partial charge in [-0.3, -0.25) is 0 Å². The maximum atomic E-state index is 14.1. The minimum atomic E-state index is -0.0678. The summed E-state index contributed by atoms with van der Waals surface area (Å²) >= 11 is 3.45. The molecule has 0 saturated heterocycles. The molecule has 1 aliphatic rings. The van der Waals surface area contributed by atoms with Crippen LogP contribution in [0.5, 0.6) is 0 Å².